The highest BCUT2D eigenvalue weighted by Gasteiger charge is 2.27. The fourth-order valence-electron chi connectivity index (χ4n) is 1.60. The molecule has 0 aliphatic carbocycles. The highest BCUT2D eigenvalue weighted by Crippen LogP contribution is 2.24. The van der Waals surface area contributed by atoms with E-state index in [0.717, 1.165) is 9.99 Å². The summed E-state index contributed by atoms with van der Waals surface area (Å²) in [6.07, 6.45) is -5.06. The summed E-state index contributed by atoms with van der Waals surface area (Å²) in [6.45, 7) is -0.163. The van der Waals surface area contributed by atoms with Gasteiger partial charge in [0.05, 0.1) is 17.5 Å². The van der Waals surface area contributed by atoms with Gasteiger partial charge in [-0.05, 0) is 30.4 Å². The first-order valence-electron chi connectivity index (χ1n) is 4.82. The van der Waals surface area contributed by atoms with Gasteiger partial charge in [-0.3, -0.25) is 0 Å². The Morgan fingerprint density at radius 2 is 2.06 bits per heavy atom. The third kappa shape index (κ3) is 2.90. The molecule has 0 amide bonds. The van der Waals surface area contributed by atoms with Gasteiger partial charge in [0.1, 0.15) is 0 Å². The van der Waals surface area contributed by atoms with Crippen LogP contribution in [-0.2, 0) is 6.54 Å². The lowest BCUT2D eigenvalue weighted by atomic mass is 10.3. The molecule has 7 heteroatoms. The van der Waals surface area contributed by atoms with Gasteiger partial charge in [0, 0.05) is 11.0 Å². The summed E-state index contributed by atoms with van der Waals surface area (Å²) in [5.74, 6) is 0. The summed E-state index contributed by atoms with van der Waals surface area (Å²) in [5, 5.41) is 0. The van der Waals surface area contributed by atoms with Gasteiger partial charge in [-0.25, -0.2) is 0 Å². The van der Waals surface area contributed by atoms with Gasteiger partial charge >= 0.3 is 6.18 Å². The second kappa shape index (κ2) is 4.45. The van der Waals surface area contributed by atoms with Gasteiger partial charge in [-0.15, -0.1) is 0 Å². The van der Waals surface area contributed by atoms with Crippen molar-refractivity contribution in [3.8, 4) is 0 Å². The number of aryl methyl sites for hydroxylation is 1. The number of imidazole rings is 1. The Hall–Kier alpha value is -0.820. The maximum Gasteiger partial charge on any atom is 0.390 e. The first kappa shape index (κ1) is 12.6. The Kier molecular flexibility index (Phi) is 3.31. The minimum Gasteiger partial charge on any atom is -0.331 e. The molecule has 2 nitrogen and oxygen atoms in total. The van der Waals surface area contributed by atoms with Gasteiger partial charge < -0.3 is 9.55 Å². The number of aromatic nitrogens is 2. The SMILES string of the molecule is FC(F)(F)CCn1c(=S)[nH]c2cc(Br)ccc21. The summed E-state index contributed by atoms with van der Waals surface area (Å²) in [4.78, 5) is 2.88. The van der Waals surface area contributed by atoms with E-state index in [1.807, 2.05) is 0 Å². The van der Waals surface area contributed by atoms with Crippen LogP contribution in [0.25, 0.3) is 11.0 Å². The molecule has 0 saturated heterocycles. The van der Waals surface area contributed by atoms with Crippen LogP contribution in [0.3, 0.4) is 0 Å². The minimum absolute atomic E-state index is 0.163. The number of rotatable bonds is 2. The summed E-state index contributed by atoms with van der Waals surface area (Å²) in [5.41, 5.74) is 1.41. The first-order chi connectivity index (χ1) is 7.87. The average Bonchev–Trinajstić information content (AvgIpc) is 2.48. The second-order valence-corrected chi connectivity index (χ2v) is 4.91. The standard InChI is InChI=1S/C10H8BrF3N2S/c11-6-1-2-8-7(5-6)15-9(17)16(8)4-3-10(12,13)14/h1-2,5H,3-4H2,(H,15,17). The molecule has 1 heterocycles. The Labute approximate surface area is 109 Å². The molecule has 0 bridgehead atoms. The maximum atomic E-state index is 12.2. The molecule has 0 unspecified atom stereocenters. The number of hydrogen-bond acceptors (Lipinski definition) is 1. The van der Waals surface area contributed by atoms with Gasteiger partial charge in [-0.2, -0.15) is 13.2 Å². The maximum absolute atomic E-state index is 12.2. The molecule has 2 aromatic rings. The van der Waals surface area contributed by atoms with Crippen LogP contribution in [-0.4, -0.2) is 15.7 Å². The van der Waals surface area contributed by atoms with Crippen LogP contribution in [0.15, 0.2) is 22.7 Å². The third-order valence-electron chi connectivity index (χ3n) is 2.36. The highest BCUT2D eigenvalue weighted by atomic mass is 79.9. The zero-order valence-electron chi connectivity index (χ0n) is 8.51. The van der Waals surface area contributed by atoms with E-state index in [-0.39, 0.29) is 6.54 Å². The molecular weight excluding hydrogens is 317 g/mol. The second-order valence-electron chi connectivity index (χ2n) is 3.61. The Morgan fingerprint density at radius 1 is 1.35 bits per heavy atom. The van der Waals surface area contributed by atoms with E-state index in [1.165, 1.54) is 4.57 Å². The molecule has 0 aliphatic heterocycles. The number of hydrogen-bond donors (Lipinski definition) is 1. The number of benzene rings is 1. The number of nitrogens with zero attached hydrogens (tertiary/aromatic N) is 1. The van der Waals surface area contributed by atoms with Crippen LogP contribution in [0.1, 0.15) is 6.42 Å². The summed E-state index contributed by atoms with van der Waals surface area (Å²) in [7, 11) is 0. The fourth-order valence-corrected chi connectivity index (χ4v) is 2.26. The fraction of sp³-hybridized carbons (Fsp3) is 0.300. The molecule has 0 atom stereocenters. The predicted molar refractivity (Wildman–Crippen MR) is 65.5 cm³/mol. The molecule has 1 N–H and O–H groups in total. The van der Waals surface area contributed by atoms with Crippen molar-refractivity contribution in [2.45, 2.75) is 19.1 Å². The van der Waals surface area contributed by atoms with E-state index in [2.05, 4.69) is 20.9 Å². The molecule has 0 saturated carbocycles. The van der Waals surface area contributed by atoms with Crippen molar-refractivity contribution >= 4 is 39.2 Å². The van der Waals surface area contributed by atoms with E-state index >= 15 is 0 Å². The lowest BCUT2D eigenvalue weighted by Crippen LogP contribution is -2.12. The van der Waals surface area contributed by atoms with Gasteiger partial charge in [-0.1, -0.05) is 15.9 Å². The van der Waals surface area contributed by atoms with Crippen LogP contribution in [0.5, 0.6) is 0 Å². The van der Waals surface area contributed by atoms with Gasteiger partial charge in [0.15, 0.2) is 4.77 Å². The van der Waals surface area contributed by atoms with E-state index in [1.54, 1.807) is 18.2 Å². The number of fused-ring (bicyclic) bond motifs is 1. The quantitative estimate of drug-likeness (QED) is 0.811. The smallest absolute Gasteiger partial charge is 0.331 e. The zero-order chi connectivity index (χ0) is 12.6. The summed E-state index contributed by atoms with van der Waals surface area (Å²) >= 11 is 8.30. The number of alkyl halides is 3. The zero-order valence-corrected chi connectivity index (χ0v) is 10.9. The van der Waals surface area contributed by atoms with Crippen LogP contribution in [0.4, 0.5) is 13.2 Å². The highest BCUT2D eigenvalue weighted by molar-refractivity contribution is 9.10. The lowest BCUT2D eigenvalue weighted by molar-refractivity contribution is -0.136. The van der Waals surface area contributed by atoms with E-state index < -0.39 is 12.6 Å². The Morgan fingerprint density at radius 3 is 2.71 bits per heavy atom. The number of nitrogens with one attached hydrogen (secondary N) is 1. The van der Waals surface area contributed by atoms with Gasteiger partial charge in [0.25, 0.3) is 0 Å². The summed E-state index contributed by atoms with van der Waals surface area (Å²) in [6, 6.07) is 5.30. The van der Waals surface area contributed by atoms with Crippen LogP contribution < -0.4 is 0 Å². The molecule has 1 aromatic carbocycles. The molecular formula is C10H8BrF3N2S. The molecule has 0 spiro atoms. The Balaban J connectivity index is 2.40. The number of H-pyrrole nitrogens is 1. The van der Waals surface area contributed by atoms with Crippen molar-refractivity contribution in [1.29, 1.82) is 0 Å². The third-order valence-corrected chi connectivity index (χ3v) is 3.17. The van der Waals surface area contributed by atoms with Crippen LogP contribution in [0.2, 0.25) is 0 Å². The number of halogens is 4. The van der Waals surface area contributed by atoms with E-state index in [0.29, 0.717) is 10.3 Å². The normalized spacial score (nSPS) is 12.2. The largest absolute Gasteiger partial charge is 0.390 e. The minimum atomic E-state index is -4.17. The monoisotopic (exact) mass is 324 g/mol. The van der Waals surface area contributed by atoms with Crippen LogP contribution >= 0.6 is 28.1 Å². The molecule has 2 rings (SSSR count). The summed E-state index contributed by atoms with van der Waals surface area (Å²) < 4.78 is 39.2. The molecule has 0 radical (unpaired) electrons. The van der Waals surface area contributed by atoms with Crippen molar-refractivity contribution in [2.24, 2.45) is 0 Å². The number of aromatic amines is 1. The predicted octanol–water partition coefficient (Wildman–Crippen LogP) is 4.41. The van der Waals surface area contributed by atoms with Crippen molar-refractivity contribution in [2.75, 3.05) is 0 Å². The Bertz CT molecular complexity index is 600. The molecule has 0 fully saturated rings. The van der Waals surface area contributed by atoms with Crippen molar-refractivity contribution < 1.29 is 13.2 Å². The molecule has 17 heavy (non-hydrogen) atoms. The van der Waals surface area contributed by atoms with Crippen molar-refractivity contribution in [3.63, 3.8) is 0 Å². The van der Waals surface area contributed by atoms with Crippen LogP contribution in [0, 0.1) is 4.77 Å². The molecule has 0 aliphatic rings. The first-order valence-corrected chi connectivity index (χ1v) is 6.02. The topological polar surface area (TPSA) is 20.7 Å². The molecule has 92 valence electrons. The van der Waals surface area contributed by atoms with Crippen molar-refractivity contribution in [3.05, 3.63) is 27.4 Å². The van der Waals surface area contributed by atoms with E-state index in [4.69, 9.17) is 12.2 Å². The molecule has 1 aromatic heterocycles. The lowest BCUT2D eigenvalue weighted by Gasteiger charge is -2.07. The van der Waals surface area contributed by atoms with Crippen molar-refractivity contribution in [1.82, 2.24) is 9.55 Å². The average molecular weight is 325 g/mol. The van der Waals surface area contributed by atoms with E-state index in [9.17, 15) is 13.2 Å². The van der Waals surface area contributed by atoms with Gasteiger partial charge in [0.2, 0.25) is 0 Å².